The fourth-order valence-electron chi connectivity index (χ4n) is 4.60. The highest BCUT2D eigenvalue weighted by atomic mass is 79.9. The summed E-state index contributed by atoms with van der Waals surface area (Å²) in [4.78, 5) is 0.201. The Morgan fingerprint density at radius 1 is 0.969 bits per heavy atom. The molecule has 3 aromatic carbocycles. The number of rotatable bonds is 4. The van der Waals surface area contributed by atoms with Gasteiger partial charge >= 0.3 is 0 Å². The Kier molecular flexibility index (Phi) is 5.74. The zero-order chi connectivity index (χ0) is 22.5. The van der Waals surface area contributed by atoms with Crippen molar-refractivity contribution in [2.75, 3.05) is 10.0 Å². The standard InChI is InChI=1S/C24H19BrCl2N2O2S/c25-22-7-2-1-4-20(22)24-19-6-3-5-18(19)21-13-17(8-9-23(21)28-24)32(30,31)29-16-11-14(26)10-15(27)12-16/h1-5,7-13,18-19,24,28-29H,6H2/t18-,19+,24-/m0/s1. The van der Waals surface area contributed by atoms with Crippen LogP contribution in [0.5, 0.6) is 0 Å². The lowest BCUT2D eigenvalue weighted by Gasteiger charge is -2.38. The highest BCUT2D eigenvalue weighted by Crippen LogP contribution is 2.51. The van der Waals surface area contributed by atoms with Crippen molar-refractivity contribution in [3.63, 3.8) is 0 Å². The molecule has 1 heterocycles. The predicted octanol–water partition coefficient (Wildman–Crippen LogP) is 7.38. The second kappa shape index (κ2) is 8.41. The molecular weight excluding hydrogens is 531 g/mol. The molecule has 164 valence electrons. The molecule has 4 nitrogen and oxygen atoms in total. The fourth-order valence-corrected chi connectivity index (χ4v) is 6.73. The number of allylic oxidation sites excluding steroid dienone is 2. The molecule has 0 radical (unpaired) electrons. The third-order valence-corrected chi connectivity index (χ3v) is 8.54. The fraction of sp³-hybridized carbons (Fsp3) is 0.167. The number of halogens is 3. The van der Waals surface area contributed by atoms with E-state index in [1.165, 1.54) is 17.7 Å². The van der Waals surface area contributed by atoms with E-state index >= 15 is 0 Å². The van der Waals surface area contributed by atoms with Gasteiger partial charge in [0, 0.05) is 26.1 Å². The monoisotopic (exact) mass is 548 g/mol. The highest BCUT2D eigenvalue weighted by Gasteiger charge is 2.39. The van der Waals surface area contributed by atoms with Crippen LogP contribution in [-0.2, 0) is 10.0 Å². The van der Waals surface area contributed by atoms with E-state index in [2.05, 4.69) is 44.2 Å². The number of benzene rings is 3. The van der Waals surface area contributed by atoms with Crippen LogP contribution in [0.25, 0.3) is 0 Å². The van der Waals surface area contributed by atoms with E-state index < -0.39 is 10.0 Å². The van der Waals surface area contributed by atoms with Gasteiger partial charge in [-0.3, -0.25) is 4.72 Å². The van der Waals surface area contributed by atoms with E-state index in [4.69, 9.17) is 23.2 Å². The van der Waals surface area contributed by atoms with E-state index in [0.717, 1.165) is 22.1 Å². The van der Waals surface area contributed by atoms with Crippen LogP contribution in [0.3, 0.4) is 0 Å². The molecule has 1 aliphatic carbocycles. The minimum atomic E-state index is -3.81. The van der Waals surface area contributed by atoms with E-state index in [9.17, 15) is 8.42 Å². The number of nitrogens with one attached hydrogen (secondary N) is 2. The van der Waals surface area contributed by atoms with Crippen LogP contribution in [0.15, 0.2) is 82.2 Å². The highest BCUT2D eigenvalue weighted by molar-refractivity contribution is 9.10. The van der Waals surface area contributed by atoms with E-state index in [-0.39, 0.29) is 16.9 Å². The van der Waals surface area contributed by atoms with Crippen molar-refractivity contribution in [1.29, 1.82) is 0 Å². The van der Waals surface area contributed by atoms with Gasteiger partial charge in [-0.25, -0.2) is 8.42 Å². The summed E-state index contributed by atoms with van der Waals surface area (Å²) in [5.74, 6) is 0.443. The molecular formula is C24H19BrCl2N2O2S. The van der Waals surface area contributed by atoms with Crippen molar-refractivity contribution in [2.45, 2.75) is 23.3 Å². The summed E-state index contributed by atoms with van der Waals surface area (Å²) in [5, 5.41) is 4.37. The summed E-state index contributed by atoms with van der Waals surface area (Å²) in [5.41, 5.74) is 3.46. The molecule has 0 unspecified atom stereocenters. The molecule has 0 bridgehead atoms. The van der Waals surface area contributed by atoms with Crippen LogP contribution >= 0.6 is 39.1 Å². The normalized spacial score (nSPS) is 21.5. The zero-order valence-corrected chi connectivity index (χ0v) is 20.6. The Balaban J connectivity index is 1.50. The van der Waals surface area contributed by atoms with Crippen molar-refractivity contribution in [3.8, 4) is 0 Å². The number of hydrogen-bond donors (Lipinski definition) is 2. The Hall–Kier alpha value is -1.99. The molecule has 3 aromatic rings. The predicted molar refractivity (Wildman–Crippen MR) is 134 cm³/mol. The molecule has 0 amide bonds. The summed E-state index contributed by atoms with van der Waals surface area (Å²) in [7, 11) is -3.81. The van der Waals surface area contributed by atoms with E-state index in [1.54, 1.807) is 18.2 Å². The Labute approximate surface area is 205 Å². The Morgan fingerprint density at radius 3 is 2.47 bits per heavy atom. The van der Waals surface area contributed by atoms with Gasteiger partial charge in [-0.15, -0.1) is 0 Å². The number of fused-ring (bicyclic) bond motifs is 3. The second-order valence-corrected chi connectivity index (χ2v) is 11.4. The maximum atomic E-state index is 13.1. The Morgan fingerprint density at radius 2 is 1.72 bits per heavy atom. The van der Waals surface area contributed by atoms with Crippen molar-refractivity contribution in [2.24, 2.45) is 5.92 Å². The summed E-state index contributed by atoms with van der Waals surface area (Å²) < 4.78 is 29.8. The molecule has 3 atom stereocenters. The molecule has 2 N–H and O–H groups in total. The number of hydrogen-bond acceptors (Lipinski definition) is 3. The lowest BCUT2D eigenvalue weighted by Crippen LogP contribution is -2.29. The van der Waals surface area contributed by atoms with Crippen LogP contribution in [0.2, 0.25) is 10.0 Å². The molecule has 8 heteroatoms. The van der Waals surface area contributed by atoms with Gasteiger partial charge in [0.15, 0.2) is 0 Å². The second-order valence-electron chi connectivity index (χ2n) is 8.01. The lowest BCUT2D eigenvalue weighted by atomic mass is 9.77. The molecule has 1 aliphatic heterocycles. The van der Waals surface area contributed by atoms with Gasteiger partial charge in [-0.1, -0.05) is 69.5 Å². The van der Waals surface area contributed by atoms with Crippen LogP contribution in [0.1, 0.15) is 29.5 Å². The van der Waals surface area contributed by atoms with Crippen molar-refractivity contribution < 1.29 is 8.42 Å². The molecule has 0 fully saturated rings. The average Bonchev–Trinajstić information content (AvgIpc) is 3.22. The minimum Gasteiger partial charge on any atom is -0.378 e. The van der Waals surface area contributed by atoms with Gasteiger partial charge in [0.2, 0.25) is 0 Å². The summed E-state index contributed by atoms with van der Waals surface area (Å²) in [6.45, 7) is 0. The van der Waals surface area contributed by atoms with Gasteiger partial charge in [-0.05, 0) is 65.9 Å². The van der Waals surface area contributed by atoms with Crippen molar-refractivity contribution in [1.82, 2.24) is 0 Å². The first kappa shape index (κ1) is 21.8. The third-order valence-electron chi connectivity index (χ3n) is 6.00. The molecule has 32 heavy (non-hydrogen) atoms. The lowest BCUT2D eigenvalue weighted by molar-refractivity contribution is 0.424. The van der Waals surface area contributed by atoms with E-state index in [0.29, 0.717) is 21.7 Å². The average molecular weight is 550 g/mol. The molecule has 0 aromatic heterocycles. The van der Waals surface area contributed by atoms with Gasteiger partial charge in [0.25, 0.3) is 10.0 Å². The first-order chi connectivity index (χ1) is 15.3. The summed E-state index contributed by atoms with van der Waals surface area (Å²) >= 11 is 15.7. The molecule has 0 spiro atoms. The quantitative estimate of drug-likeness (QED) is 0.334. The molecule has 0 saturated heterocycles. The molecule has 0 saturated carbocycles. The number of anilines is 2. The van der Waals surface area contributed by atoms with Crippen LogP contribution in [0.4, 0.5) is 11.4 Å². The van der Waals surface area contributed by atoms with Crippen molar-refractivity contribution >= 4 is 60.5 Å². The number of sulfonamides is 1. The van der Waals surface area contributed by atoms with Crippen LogP contribution in [-0.4, -0.2) is 8.42 Å². The first-order valence-electron chi connectivity index (χ1n) is 10.1. The third kappa shape index (κ3) is 4.05. The minimum absolute atomic E-state index is 0.132. The van der Waals surface area contributed by atoms with Crippen LogP contribution in [0, 0.1) is 5.92 Å². The zero-order valence-electron chi connectivity index (χ0n) is 16.7. The molecule has 5 rings (SSSR count). The van der Waals surface area contributed by atoms with Gasteiger partial charge in [-0.2, -0.15) is 0 Å². The van der Waals surface area contributed by atoms with E-state index in [1.807, 2.05) is 24.3 Å². The Bertz CT molecular complexity index is 1320. The topological polar surface area (TPSA) is 58.2 Å². The maximum absolute atomic E-state index is 13.1. The van der Waals surface area contributed by atoms with Crippen LogP contribution < -0.4 is 10.0 Å². The first-order valence-corrected chi connectivity index (χ1v) is 13.2. The summed E-state index contributed by atoms with van der Waals surface area (Å²) in [6, 6.07) is 18.2. The van der Waals surface area contributed by atoms with Crippen molar-refractivity contribution in [3.05, 3.63) is 98.5 Å². The SMILES string of the molecule is O=S(=O)(Nc1cc(Cl)cc(Cl)c1)c1ccc2c(c1)[C@H]1C=CC[C@H]1[C@@H](c1ccccc1Br)N2. The maximum Gasteiger partial charge on any atom is 0.261 e. The van der Waals surface area contributed by atoms with Gasteiger partial charge < -0.3 is 5.32 Å². The van der Waals surface area contributed by atoms with Gasteiger partial charge in [0.05, 0.1) is 16.6 Å². The van der Waals surface area contributed by atoms with Gasteiger partial charge in [0.1, 0.15) is 0 Å². The molecule has 2 aliphatic rings. The summed E-state index contributed by atoms with van der Waals surface area (Å²) in [6.07, 6.45) is 5.30. The largest absolute Gasteiger partial charge is 0.378 e. The smallest absolute Gasteiger partial charge is 0.261 e.